The molecule has 3 heterocycles. The zero-order chi connectivity index (χ0) is 21.1. The monoisotopic (exact) mass is 415 g/mol. The number of nitrogens with zero attached hydrogens (tertiary/aromatic N) is 3. The maximum Gasteiger partial charge on any atom is 0.409 e. The molecule has 0 aliphatic carbocycles. The van der Waals surface area contributed by atoms with Gasteiger partial charge in [0.2, 0.25) is 5.91 Å². The predicted octanol–water partition coefficient (Wildman–Crippen LogP) is 2.92. The van der Waals surface area contributed by atoms with Gasteiger partial charge in [-0.3, -0.25) is 4.79 Å². The number of rotatable bonds is 5. The smallest absolute Gasteiger partial charge is 0.409 e. The highest BCUT2D eigenvalue weighted by Crippen LogP contribution is 2.36. The van der Waals surface area contributed by atoms with E-state index in [0.29, 0.717) is 18.9 Å². The molecule has 30 heavy (non-hydrogen) atoms. The van der Waals surface area contributed by atoms with E-state index in [1.807, 2.05) is 34.9 Å². The van der Waals surface area contributed by atoms with Gasteiger partial charge in [0, 0.05) is 44.8 Å². The minimum absolute atomic E-state index is 0.177. The molecule has 3 aliphatic heterocycles. The van der Waals surface area contributed by atoms with Crippen LogP contribution in [-0.4, -0.2) is 74.3 Å². The first-order valence-electron chi connectivity index (χ1n) is 11.2. The summed E-state index contributed by atoms with van der Waals surface area (Å²) in [6.45, 7) is 6.99. The number of amides is 2. The summed E-state index contributed by atoms with van der Waals surface area (Å²) in [5.41, 5.74) is 2.14. The van der Waals surface area contributed by atoms with E-state index in [2.05, 4.69) is 4.90 Å². The van der Waals surface area contributed by atoms with Crippen molar-refractivity contribution in [1.82, 2.24) is 9.80 Å². The van der Waals surface area contributed by atoms with Crippen LogP contribution in [-0.2, 0) is 16.0 Å². The molecule has 0 atom stereocenters. The van der Waals surface area contributed by atoms with E-state index in [4.69, 9.17) is 9.47 Å². The van der Waals surface area contributed by atoms with Gasteiger partial charge in [0.15, 0.2) is 0 Å². The largest absolute Gasteiger partial charge is 0.497 e. The van der Waals surface area contributed by atoms with E-state index in [-0.39, 0.29) is 18.0 Å². The van der Waals surface area contributed by atoms with Crippen LogP contribution >= 0.6 is 0 Å². The van der Waals surface area contributed by atoms with Crippen LogP contribution in [0.5, 0.6) is 5.75 Å². The lowest BCUT2D eigenvalue weighted by Crippen LogP contribution is -2.48. The number of carbonyl (C=O) groups excluding carboxylic acids is 2. The maximum atomic E-state index is 12.7. The lowest BCUT2D eigenvalue weighted by Gasteiger charge is -2.39. The first kappa shape index (κ1) is 21.0. The van der Waals surface area contributed by atoms with Crippen LogP contribution in [0.4, 0.5) is 10.5 Å². The molecule has 0 saturated carbocycles. The molecule has 0 spiro atoms. The summed E-state index contributed by atoms with van der Waals surface area (Å²) >= 11 is 0. The van der Waals surface area contributed by atoms with Crippen LogP contribution in [0, 0.1) is 5.92 Å². The third kappa shape index (κ3) is 4.41. The molecule has 1 aromatic rings. The SMILES string of the molecule is CCOC(=O)N1CCC(CN2CCC(N3C(=O)Cc4ccc(OC)cc43)CC2)CC1. The number of piperidine rings is 2. The van der Waals surface area contributed by atoms with Gasteiger partial charge >= 0.3 is 6.09 Å². The fraction of sp³-hybridized carbons (Fsp3) is 0.652. The van der Waals surface area contributed by atoms with E-state index in [1.165, 1.54) is 0 Å². The highest BCUT2D eigenvalue weighted by Gasteiger charge is 2.35. The van der Waals surface area contributed by atoms with Crippen LogP contribution in [0.1, 0.15) is 38.2 Å². The third-order valence-electron chi connectivity index (χ3n) is 6.74. The number of hydrogen-bond acceptors (Lipinski definition) is 5. The molecule has 0 aromatic heterocycles. The van der Waals surface area contributed by atoms with Gasteiger partial charge in [0.05, 0.1) is 25.8 Å². The van der Waals surface area contributed by atoms with E-state index >= 15 is 0 Å². The molecule has 2 amide bonds. The Bertz CT molecular complexity index is 768. The zero-order valence-corrected chi connectivity index (χ0v) is 18.1. The molecule has 1 aromatic carbocycles. The first-order valence-corrected chi connectivity index (χ1v) is 11.2. The fourth-order valence-electron chi connectivity index (χ4n) is 5.07. The molecule has 164 valence electrons. The molecule has 0 radical (unpaired) electrons. The second-order valence-electron chi connectivity index (χ2n) is 8.60. The van der Waals surface area contributed by atoms with Crippen LogP contribution in [0.15, 0.2) is 18.2 Å². The minimum Gasteiger partial charge on any atom is -0.497 e. The minimum atomic E-state index is -0.177. The number of hydrogen-bond donors (Lipinski definition) is 0. The van der Waals surface area contributed by atoms with Crippen molar-refractivity contribution in [3.05, 3.63) is 23.8 Å². The van der Waals surface area contributed by atoms with E-state index in [0.717, 1.165) is 75.4 Å². The van der Waals surface area contributed by atoms with Crippen molar-refractivity contribution in [1.29, 1.82) is 0 Å². The van der Waals surface area contributed by atoms with Gasteiger partial charge in [-0.1, -0.05) is 6.07 Å². The van der Waals surface area contributed by atoms with Crippen LogP contribution in [0.25, 0.3) is 0 Å². The summed E-state index contributed by atoms with van der Waals surface area (Å²) in [6.07, 6.45) is 4.41. The normalized spacial score (nSPS) is 21.1. The van der Waals surface area contributed by atoms with Gasteiger partial charge in [0.1, 0.15) is 5.75 Å². The molecule has 0 bridgehead atoms. The van der Waals surface area contributed by atoms with Crippen molar-refractivity contribution in [3.63, 3.8) is 0 Å². The second-order valence-corrected chi connectivity index (χ2v) is 8.60. The van der Waals surface area contributed by atoms with Gasteiger partial charge < -0.3 is 24.2 Å². The molecule has 7 nitrogen and oxygen atoms in total. The van der Waals surface area contributed by atoms with Gasteiger partial charge in [-0.15, -0.1) is 0 Å². The number of ether oxygens (including phenoxy) is 2. The van der Waals surface area contributed by atoms with Crippen molar-refractivity contribution in [2.24, 2.45) is 5.92 Å². The predicted molar refractivity (Wildman–Crippen MR) is 115 cm³/mol. The number of fused-ring (bicyclic) bond motifs is 1. The Kier molecular flexibility index (Phi) is 6.46. The average Bonchev–Trinajstić information content (AvgIpc) is 3.10. The standard InChI is InChI=1S/C23H33N3O4/c1-3-30-23(28)25-12-6-17(7-13-25)16-24-10-8-19(9-11-24)26-21-15-20(29-2)5-4-18(21)14-22(26)27/h4-5,15,17,19H,3,6-14,16H2,1-2H3. The Balaban J connectivity index is 1.27. The van der Waals surface area contributed by atoms with Gasteiger partial charge in [-0.05, 0) is 50.2 Å². The van der Waals surface area contributed by atoms with E-state index < -0.39 is 0 Å². The van der Waals surface area contributed by atoms with Crippen molar-refractivity contribution < 1.29 is 19.1 Å². The molecule has 2 saturated heterocycles. The van der Waals surface area contributed by atoms with Crippen molar-refractivity contribution in [3.8, 4) is 5.75 Å². The van der Waals surface area contributed by atoms with E-state index in [9.17, 15) is 9.59 Å². The summed E-state index contributed by atoms with van der Waals surface area (Å²) in [5, 5.41) is 0. The number of methoxy groups -OCH3 is 1. The Morgan fingerprint density at radius 1 is 1.10 bits per heavy atom. The van der Waals surface area contributed by atoms with Crippen molar-refractivity contribution in [2.75, 3.05) is 51.3 Å². The Hall–Kier alpha value is -2.28. The summed E-state index contributed by atoms with van der Waals surface area (Å²) in [7, 11) is 1.67. The van der Waals surface area contributed by atoms with Crippen molar-refractivity contribution >= 4 is 17.7 Å². The summed E-state index contributed by atoms with van der Waals surface area (Å²) in [6, 6.07) is 6.23. The van der Waals surface area contributed by atoms with Crippen LogP contribution < -0.4 is 9.64 Å². The quantitative estimate of drug-likeness (QED) is 0.740. The van der Waals surface area contributed by atoms with Crippen LogP contribution in [0.3, 0.4) is 0 Å². The number of likely N-dealkylation sites (tertiary alicyclic amines) is 2. The zero-order valence-electron chi connectivity index (χ0n) is 18.1. The average molecular weight is 416 g/mol. The van der Waals surface area contributed by atoms with E-state index in [1.54, 1.807) is 7.11 Å². The Morgan fingerprint density at radius 3 is 2.50 bits per heavy atom. The first-order chi connectivity index (χ1) is 14.6. The molecule has 0 unspecified atom stereocenters. The highest BCUT2D eigenvalue weighted by atomic mass is 16.6. The molecule has 3 aliphatic rings. The molecular formula is C23H33N3O4. The second kappa shape index (κ2) is 9.25. The number of benzene rings is 1. The molecule has 0 N–H and O–H groups in total. The molecule has 4 rings (SSSR count). The molecular weight excluding hydrogens is 382 g/mol. The van der Waals surface area contributed by atoms with Gasteiger partial charge in [-0.2, -0.15) is 0 Å². The molecule has 7 heteroatoms. The maximum absolute atomic E-state index is 12.7. The fourth-order valence-corrected chi connectivity index (χ4v) is 5.07. The Morgan fingerprint density at radius 2 is 1.83 bits per heavy atom. The van der Waals surface area contributed by atoms with Crippen LogP contribution in [0.2, 0.25) is 0 Å². The molecule has 2 fully saturated rings. The summed E-state index contributed by atoms with van der Waals surface area (Å²) in [4.78, 5) is 30.9. The summed E-state index contributed by atoms with van der Waals surface area (Å²) < 4.78 is 10.5. The number of anilines is 1. The topological polar surface area (TPSA) is 62.3 Å². The Labute approximate surface area is 178 Å². The van der Waals surface area contributed by atoms with Gasteiger partial charge in [0.25, 0.3) is 0 Å². The third-order valence-corrected chi connectivity index (χ3v) is 6.74. The van der Waals surface area contributed by atoms with Crippen molar-refractivity contribution in [2.45, 2.75) is 45.1 Å². The summed E-state index contributed by atoms with van der Waals surface area (Å²) in [5.74, 6) is 1.65. The van der Waals surface area contributed by atoms with Gasteiger partial charge in [-0.25, -0.2) is 4.79 Å². The lowest BCUT2D eigenvalue weighted by molar-refractivity contribution is -0.118. The lowest BCUT2D eigenvalue weighted by atomic mass is 9.94. The highest BCUT2D eigenvalue weighted by molar-refractivity contribution is 6.02. The number of carbonyl (C=O) groups is 2.